The first-order chi connectivity index (χ1) is 19.1. The van der Waals surface area contributed by atoms with Gasteiger partial charge in [-0.1, -0.05) is 175 Å². The van der Waals surface area contributed by atoms with E-state index in [-0.39, 0.29) is 12.1 Å². The highest BCUT2D eigenvalue weighted by atomic mass is 16.5. The normalized spacial score (nSPS) is 12.3. The van der Waals surface area contributed by atoms with Gasteiger partial charge in [0.25, 0.3) is 0 Å². The number of esters is 1. The van der Waals surface area contributed by atoms with Crippen molar-refractivity contribution in [2.75, 3.05) is 6.61 Å². The summed E-state index contributed by atoms with van der Waals surface area (Å²) in [5, 5.41) is 10.0. The van der Waals surface area contributed by atoms with Crippen LogP contribution in [0, 0.1) is 5.92 Å². The molecule has 3 nitrogen and oxygen atoms in total. The smallest absolute Gasteiger partial charge is 0.305 e. The van der Waals surface area contributed by atoms with E-state index in [1.54, 1.807) is 0 Å². The summed E-state index contributed by atoms with van der Waals surface area (Å²) in [5.41, 5.74) is 0. The van der Waals surface area contributed by atoms with E-state index >= 15 is 0 Å². The monoisotopic (exact) mass is 553 g/mol. The Balaban J connectivity index is 3.21. The van der Waals surface area contributed by atoms with Gasteiger partial charge in [0, 0.05) is 6.42 Å². The van der Waals surface area contributed by atoms with Crippen LogP contribution >= 0.6 is 0 Å². The van der Waals surface area contributed by atoms with Crippen LogP contribution in [0.3, 0.4) is 0 Å². The molecule has 0 radical (unpaired) electrons. The lowest BCUT2D eigenvalue weighted by Crippen LogP contribution is -2.05. The highest BCUT2D eigenvalue weighted by Gasteiger charge is 2.04. The number of aliphatic hydroxyl groups is 1. The predicted octanol–water partition coefficient (Wildman–Crippen LogP) is 11.9. The molecule has 0 aromatic carbocycles. The number of rotatable bonds is 32. The molecule has 0 amide bonds. The Morgan fingerprint density at radius 3 is 1.31 bits per heavy atom. The standard InChI is InChI=1S/C36H72O3/c1-4-5-6-25-30-35(37)31-26-21-17-13-11-15-19-23-28-33-39-36(38)32-27-22-18-14-10-8-7-9-12-16-20-24-29-34(2)3/h34-35,37H,4-33H2,1-3H3. The number of carbonyl (C=O) groups excluding carboxylic acids is 1. The first kappa shape index (κ1) is 38.4. The summed E-state index contributed by atoms with van der Waals surface area (Å²) in [7, 11) is 0. The Morgan fingerprint density at radius 2 is 0.872 bits per heavy atom. The fourth-order valence-corrected chi connectivity index (χ4v) is 5.52. The zero-order valence-corrected chi connectivity index (χ0v) is 27.1. The summed E-state index contributed by atoms with van der Waals surface area (Å²) < 4.78 is 5.43. The van der Waals surface area contributed by atoms with Crippen molar-refractivity contribution in [2.24, 2.45) is 5.92 Å². The number of aliphatic hydroxyl groups excluding tert-OH is 1. The van der Waals surface area contributed by atoms with Crippen molar-refractivity contribution in [2.45, 2.75) is 213 Å². The Bertz CT molecular complexity index is 476. The molecule has 1 unspecified atom stereocenters. The van der Waals surface area contributed by atoms with Gasteiger partial charge in [0.15, 0.2) is 0 Å². The number of hydrogen-bond donors (Lipinski definition) is 1. The molecule has 1 atom stereocenters. The van der Waals surface area contributed by atoms with Crippen LogP contribution in [0.15, 0.2) is 0 Å². The van der Waals surface area contributed by atoms with Crippen molar-refractivity contribution in [3.8, 4) is 0 Å². The van der Waals surface area contributed by atoms with Gasteiger partial charge >= 0.3 is 5.97 Å². The molecule has 0 bridgehead atoms. The van der Waals surface area contributed by atoms with Gasteiger partial charge in [-0.3, -0.25) is 4.79 Å². The fourth-order valence-electron chi connectivity index (χ4n) is 5.52. The minimum atomic E-state index is -0.0698. The van der Waals surface area contributed by atoms with E-state index < -0.39 is 0 Å². The second kappa shape index (κ2) is 32.0. The summed E-state index contributed by atoms with van der Waals surface area (Å²) in [6.07, 6.45) is 36.1. The lowest BCUT2D eigenvalue weighted by atomic mass is 10.0. The number of ether oxygens (including phenoxy) is 1. The van der Waals surface area contributed by atoms with Crippen molar-refractivity contribution in [1.29, 1.82) is 0 Å². The molecule has 0 fully saturated rings. The van der Waals surface area contributed by atoms with Crippen LogP contribution in [0.1, 0.15) is 207 Å². The van der Waals surface area contributed by atoms with E-state index in [1.165, 1.54) is 154 Å². The Kier molecular flexibility index (Phi) is 31.5. The maximum Gasteiger partial charge on any atom is 0.305 e. The van der Waals surface area contributed by atoms with Crippen LogP contribution in [0.25, 0.3) is 0 Å². The molecule has 1 N–H and O–H groups in total. The zero-order chi connectivity index (χ0) is 28.7. The van der Waals surface area contributed by atoms with Gasteiger partial charge in [-0.2, -0.15) is 0 Å². The molecule has 0 aliphatic rings. The van der Waals surface area contributed by atoms with Crippen LogP contribution in [0.2, 0.25) is 0 Å². The van der Waals surface area contributed by atoms with Gasteiger partial charge in [-0.25, -0.2) is 0 Å². The SMILES string of the molecule is CCCCCCC(O)CCCCCCCCCCCOC(=O)CCCCCCCCCCCCCCC(C)C. The summed E-state index contributed by atoms with van der Waals surface area (Å²) in [6, 6.07) is 0. The van der Waals surface area contributed by atoms with Gasteiger partial charge in [-0.15, -0.1) is 0 Å². The quantitative estimate of drug-likeness (QED) is 0.0666. The highest BCUT2D eigenvalue weighted by Crippen LogP contribution is 2.16. The van der Waals surface area contributed by atoms with Crippen molar-refractivity contribution >= 4 is 5.97 Å². The minimum Gasteiger partial charge on any atom is -0.466 e. The first-order valence-corrected chi connectivity index (χ1v) is 17.9. The number of unbranched alkanes of at least 4 members (excludes halogenated alkanes) is 22. The average Bonchev–Trinajstić information content (AvgIpc) is 2.91. The molecule has 0 aliphatic heterocycles. The summed E-state index contributed by atoms with van der Waals surface area (Å²) >= 11 is 0. The van der Waals surface area contributed by atoms with Crippen molar-refractivity contribution in [3.05, 3.63) is 0 Å². The molecular formula is C36H72O3. The molecule has 234 valence electrons. The number of hydrogen-bond acceptors (Lipinski definition) is 3. The summed E-state index contributed by atoms with van der Waals surface area (Å²) in [6.45, 7) is 7.49. The molecule has 0 aromatic heterocycles. The molecule has 0 saturated heterocycles. The third-order valence-corrected chi connectivity index (χ3v) is 8.25. The fraction of sp³-hybridized carbons (Fsp3) is 0.972. The maximum absolute atomic E-state index is 11.9. The van der Waals surface area contributed by atoms with Crippen molar-refractivity contribution in [3.63, 3.8) is 0 Å². The molecular weight excluding hydrogens is 480 g/mol. The minimum absolute atomic E-state index is 0.00877. The topological polar surface area (TPSA) is 46.5 Å². The lowest BCUT2D eigenvalue weighted by molar-refractivity contribution is -0.143. The van der Waals surface area contributed by atoms with Gasteiger partial charge in [0.2, 0.25) is 0 Å². The van der Waals surface area contributed by atoms with Crippen LogP contribution < -0.4 is 0 Å². The highest BCUT2D eigenvalue weighted by molar-refractivity contribution is 5.69. The van der Waals surface area contributed by atoms with E-state index in [4.69, 9.17) is 4.74 Å². The van der Waals surface area contributed by atoms with Gasteiger partial charge in [-0.05, 0) is 31.6 Å². The molecule has 0 aliphatic carbocycles. The van der Waals surface area contributed by atoms with Crippen molar-refractivity contribution < 1.29 is 14.6 Å². The predicted molar refractivity (Wildman–Crippen MR) is 171 cm³/mol. The van der Waals surface area contributed by atoms with Gasteiger partial charge in [0.05, 0.1) is 12.7 Å². The zero-order valence-electron chi connectivity index (χ0n) is 27.1. The average molecular weight is 553 g/mol. The van der Waals surface area contributed by atoms with E-state index in [0.717, 1.165) is 31.6 Å². The van der Waals surface area contributed by atoms with E-state index in [0.29, 0.717) is 13.0 Å². The molecule has 39 heavy (non-hydrogen) atoms. The molecule has 0 aromatic rings. The van der Waals surface area contributed by atoms with Gasteiger partial charge < -0.3 is 9.84 Å². The molecule has 3 heteroatoms. The summed E-state index contributed by atoms with van der Waals surface area (Å²) in [4.78, 5) is 11.9. The molecule has 0 saturated carbocycles. The number of carbonyl (C=O) groups is 1. The van der Waals surface area contributed by atoms with Crippen LogP contribution in [-0.2, 0) is 9.53 Å². The van der Waals surface area contributed by atoms with Crippen LogP contribution in [0.5, 0.6) is 0 Å². The Labute approximate surface area is 246 Å². The van der Waals surface area contributed by atoms with Crippen molar-refractivity contribution in [1.82, 2.24) is 0 Å². The molecule has 0 heterocycles. The third-order valence-electron chi connectivity index (χ3n) is 8.25. The van der Waals surface area contributed by atoms with Crippen LogP contribution in [-0.4, -0.2) is 23.8 Å². The second-order valence-corrected chi connectivity index (χ2v) is 12.9. The molecule has 0 rings (SSSR count). The lowest BCUT2D eigenvalue weighted by Gasteiger charge is -2.10. The van der Waals surface area contributed by atoms with Crippen LogP contribution in [0.4, 0.5) is 0 Å². The third kappa shape index (κ3) is 33.5. The van der Waals surface area contributed by atoms with E-state index in [9.17, 15) is 9.90 Å². The largest absolute Gasteiger partial charge is 0.466 e. The second-order valence-electron chi connectivity index (χ2n) is 12.9. The van der Waals surface area contributed by atoms with E-state index in [2.05, 4.69) is 20.8 Å². The maximum atomic E-state index is 11.9. The van der Waals surface area contributed by atoms with Gasteiger partial charge in [0.1, 0.15) is 0 Å². The first-order valence-electron chi connectivity index (χ1n) is 17.9. The Hall–Kier alpha value is -0.570. The van der Waals surface area contributed by atoms with E-state index in [1.807, 2.05) is 0 Å². The summed E-state index contributed by atoms with van der Waals surface area (Å²) in [5.74, 6) is 0.873. The molecule has 0 spiro atoms. The Morgan fingerprint density at radius 1 is 0.513 bits per heavy atom.